The Labute approximate surface area is 96.9 Å². The van der Waals surface area contributed by atoms with E-state index in [0.717, 1.165) is 18.6 Å². The summed E-state index contributed by atoms with van der Waals surface area (Å²) in [6, 6.07) is 0. The van der Waals surface area contributed by atoms with E-state index in [9.17, 15) is 4.39 Å². The van der Waals surface area contributed by atoms with E-state index in [1.807, 2.05) is 15.7 Å². The van der Waals surface area contributed by atoms with Gasteiger partial charge in [-0.2, -0.15) is 4.98 Å². The van der Waals surface area contributed by atoms with Crippen molar-refractivity contribution in [3.63, 3.8) is 0 Å². The van der Waals surface area contributed by atoms with Crippen molar-refractivity contribution in [3.8, 4) is 0 Å². The third-order valence-corrected chi connectivity index (χ3v) is 2.79. The van der Waals surface area contributed by atoms with E-state index < -0.39 is 5.82 Å². The molecule has 88 valence electrons. The quantitative estimate of drug-likeness (QED) is 0.773. The summed E-state index contributed by atoms with van der Waals surface area (Å²) in [4.78, 5) is 13.6. The summed E-state index contributed by atoms with van der Waals surface area (Å²) < 4.78 is 15.6. The number of rotatable bonds is 1. The number of nitrogens with zero attached hydrogens (tertiary/aromatic N) is 5. The summed E-state index contributed by atoms with van der Waals surface area (Å²) in [5.74, 6) is 0.758. The van der Waals surface area contributed by atoms with E-state index in [0.29, 0.717) is 13.1 Å². The fourth-order valence-electron chi connectivity index (χ4n) is 1.95. The maximum atomic E-state index is 13.6. The van der Waals surface area contributed by atoms with Gasteiger partial charge in [0.25, 0.3) is 0 Å². The molecule has 0 radical (unpaired) electrons. The van der Waals surface area contributed by atoms with Crippen molar-refractivity contribution < 1.29 is 4.39 Å². The van der Waals surface area contributed by atoms with Gasteiger partial charge in [-0.3, -0.25) is 0 Å². The predicted molar refractivity (Wildman–Crippen MR) is 59.7 cm³/mol. The molecule has 0 aliphatic carbocycles. The molecule has 0 bridgehead atoms. The molecule has 0 fully saturated rings. The third kappa shape index (κ3) is 1.69. The van der Waals surface area contributed by atoms with Crippen LogP contribution >= 0.6 is 0 Å². The lowest BCUT2D eigenvalue weighted by Gasteiger charge is -2.28. The number of hydrogen-bond donors (Lipinski definition) is 1. The standard InChI is InChI=1S/C10H11FN6/c11-7-5-14-10(12)15-9(7)17-4-3-16-2-1-13-8(16)6-17/h1-2,5H,3-4,6H2,(H2,12,14,15). The minimum atomic E-state index is -0.459. The van der Waals surface area contributed by atoms with Gasteiger partial charge in [-0.25, -0.2) is 14.4 Å². The molecule has 17 heavy (non-hydrogen) atoms. The van der Waals surface area contributed by atoms with Crippen molar-refractivity contribution in [2.75, 3.05) is 17.2 Å². The highest BCUT2D eigenvalue weighted by molar-refractivity contribution is 5.43. The number of hydrogen-bond acceptors (Lipinski definition) is 5. The Morgan fingerprint density at radius 3 is 3.06 bits per heavy atom. The highest BCUT2D eigenvalue weighted by Gasteiger charge is 2.20. The highest BCUT2D eigenvalue weighted by atomic mass is 19.1. The van der Waals surface area contributed by atoms with Crippen molar-refractivity contribution >= 4 is 11.8 Å². The van der Waals surface area contributed by atoms with Crippen LogP contribution in [0.15, 0.2) is 18.6 Å². The van der Waals surface area contributed by atoms with Gasteiger partial charge in [-0.05, 0) is 0 Å². The first-order valence-electron chi connectivity index (χ1n) is 5.27. The number of aromatic nitrogens is 4. The molecule has 0 unspecified atom stereocenters. The SMILES string of the molecule is Nc1ncc(F)c(N2CCn3ccnc3C2)n1. The Balaban J connectivity index is 1.94. The van der Waals surface area contributed by atoms with E-state index in [1.54, 1.807) is 6.20 Å². The van der Waals surface area contributed by atoms with Crippen molar-refractivity contribution in [1.82, 2.24) is 19.5 Å². The molecular formula is C10H11FN6. The second kappa shape index (κ2) is 3.69. The Morgan fingerprint density at radius 1 is 1.29 bits per heavy atom. The van der Waals surface area contributed by atoms with Gasteiger partial charge in [0.2, 0.25) is 5.95 Å². The zero-order valence-corrected chi connectivity index (χ0v) is 9.04. The molecule has 3 heterocycles. The van der Waals surface area contributed by atoms with Gasteiger partial charge in [0.1, 0.15) is 5.82 Å². The lowest BCUT2D eigenvalue weighted by molar-refractivity contribution is 0.536. The molecule has 0 saturated carbocycles. The Morgan fingerprint density at radius 2 is 2.18 bits per heavy atom. The van der Waals surface area contributed by atoms with Crippen molar-refractivity contribution in [3.05, 3.63) is 30.2 Å². The van der Waals surface area contributed by atoms with Crippen LogP contribution in [0.5, 0.6) is 0 Å². The smallest absolute Gasteiger partial charge is 0.222 e. The number of fused-ring (bicyclic) bond motifs is 1. The van der Waals surface area contributed by atoms with Gasteiger partial charge in [0, 0.05) is 25.5 Å². The van der Waals surface area contributed by atoms with E-state index in [-0.39, 0.29) is 11.8 Å². The van der Waals surface area contributed by atoms with Crippen LogP contribution in [0.2, 0.25) is 0 Å². The topological polar surface area (TPSA) is 72.9 Å². The molecule has 2 aromatic heterocycles. The molecule has 3 rings (SSSR count). The second-order valence-corrected chi connectivity index (χ2v) is 3.86. The molecule has 6 nitrogen and oxygen atoms in total. The van der Waals surface area contributed by atoms with Gasteiger partial charge >= 0.3 is 0 Å². The van der Waals surface area contributed by atoms with Gasteiger partial charge in [-0.15, -0.1) is 0 Å². The van der Waals surface area contributed by atoms with Crippen LogP contribution in [-0.4, -0.2) is 26.1 Å². The molecule has 7 heteroatoms. The molecule has 1 aliphatic rings. The molecule has 1 aliphatic heterocycles. The first-order valence-corrected chi connectivity index (χ1v) is 5.27. The van der Waals surface area contributed by atoms with Crippen LogP contribution in [-0.2, 0) is 13.1 Å². The number of nitrogen functional groups attached to an aromatic ring is 1. The zero-order chi connectivity index (χ0) is 11.8. The number of nitrogens with two attached hydrogens (primary N) is 1. The van der Waals surface area contributed by atoms with E-state index >= 15 is 0 Å². The second-order valence-electron chi connectivity index (χ2n) is 3.86. The Kier molecular flexibility index (Phi) is 2.17. The summed E-state index contributed by atoms with van der Waals surface area (Å²) in [6.45, 7) is 1.97. The summed E-state index contributed by atoms with van der Waals surface area (Å²) in [5.41, 5.74) is 5.47. The Hall–Kier alpha value is -2.18. The maximum absolute atomic E-state index is 13.6. The normalized spacial score (nSPS) is 14.8. The highest BCUT2D eigenvalue weighted by Crippen LogP contribution is 2.21. The predicted octanol–water partition coefficient (Wildman–Crippen LogP) is 0.415. The minimum Gasteiger partial charge on any atom is -0.368 e. The monoisotopic (exact) mass is 234 g/mol. The van der Waals surface area contributed by atoms with Gasteiger partial charge in [0.15, 0.2) is 11.6 Å². The first kappa shape index (κ1) is 10.0. The summed E-state index contributed by atoms with van der Waals surface area (Å²) in [6.07, 6.45) is 4.75. The number of imidazole rings is 1. The van der Waals surface area contributed by atoms with Crippen LogP contribution in [0, 0.1) is 5.82 Å². The fraction of sp³-hybridized carbons (Fsp3) is 0.300. The maximum Gasteiger partial charge on any atom is 0.222 e. The van der Waals surface area contributed by atoms with Crippen LogP contribution in [0.1, 0.15) is 5.82 Å². The van der Waals surface area contributed by atoms with E-state index in [1.165, 1.54) is 0 Å². The zero-order valence-electron chi connectivity index (χ0n) is 9.04. The average molecular weight is 234 g/mol. The van der Waals surface area contributed by atoms with E-state index in [2.05, 4.69) is 15.0 Å². The van der Waals surface area contributed by atoms with Gasteiger partial charge in [0.05, 0.1) is 12.7 Å². The molecule has 0 atom stereocenters. The van der Waals surface area contributed by atoms with Crippen molar-refractivity contribution in [2.45, 2.75) is 13.1 Å². The number of anilines is 2. The molecule has 0 spiro atoms. The fourth-order valence-corrected chi connectivity index (χ4v) is 1.95. The summed E-state index contributed by atoms with van der Waals surface area (Å²) >= 11 is 0. The van der Waals surface area contributed by atoms with Crippen LogP contribution in [0.3, 0.4) is 0 Å². The third-order valence-electron chi connectivity index (χ3n) is 2.79. The molecule has 0 saturated heterocycles. The van der Waals surface area contributed by atoms with Crippen molar-refractivity contribution in [2.24, 2.45) is 0 Å². The summed E-state index contributed by atoms with van der Waals surface area (Å²) in [7, 11) is 0. The molecule has 0 aromatic carbocycles. The number of halogens is 1. The first-order chi connectivity index (χ1) is 8.24. The minimum absolute atomic E-state index is 0.0790. The van der Waals surface area contributed by atoms with Gasteiger partial charge in [-0.1, -0.05) is 0 Å². The lowest BCUT2D eigenvalue weighted by atomic mass is 10.3. The lowest BCUT2D eigenvalue weighted by Crippen LogP contribution is -2.35. The Bertz CT molecular complexity index is 551. The van der Waals surface area contributed by atoms with Crippen molar-refractivity contribution in [1.29, 1.82) is 0 Å². The molecule has 2 aromatic rings. The van der Waals surface area contributed by atoms with Crippen LogP contribution in [0.4, 0.5) is 16.2 Å². The van der Waals surface area contributed by atoms with Gasteiger partial charge < -0.3 is 15.2 Å². The van der Waals surface area contributed by atoms with E-state index in [4.69, 9.17) is 5.73 Å². The average Bonchev–Trinajstić information content (AvgIpc) is 2.79. The molecule has 2 N–H and O–H groups in total. The largest absolute Gasteiger partial charge is 0.368 e. The van der Waals surface area contributed by atoms with Crippen LogP contribution < -0.4 is 10.6 Å². The molecular weight excluding hydrogens is 223 g/mol. The van der Waals surface area contributed by atoms with Crippen LogP contribution in [0.25, 0.3) is 0 Å². The summed E-state index contributed by atoms with van der Waals surface area (Å²) in [5, 5.41) is 0. The molecule has 0 amide bonds.